The maximum absolute atomic E-state index is 11.3. The van der Waals surface area contributed by atoms with Gasteiger partial charge in [0.05, 0.1) is 7.11 Å². The predicted molar refractivity (Wildman–Crippen MR) is 65.1 cm³/mol. The summed E-state index contributed by atoms with van der Waals surface area (Å²) in [7, 11) is 6.15. The van der Waals surface area contributed by atoms with E-state index < -0.39 is 11.8 Å². The Hall–Kier alpha value is -2.24. The number of nitrogens with two attached hydrogens (primary N) is 1. The fraction of sp³-hybridized carbons (Fsp3) is 0.0909. The highest BCUT2D eigenvalue weighted by molar-refractivity contribution is 6.57. The number of carbonyl (C=O) groups is 2. The Bertz CT molecular complexity index is 472. The van der Waals surface area contributed by atoms with Crippen molar-refractivity contribution in [2.75, 3.05) is 12.8 Å². The number of esters is 1. The van der Waals surface area contributed by atoms with E-state index in [1.54, 1.807) is 24.3 Å². The van der Waals surface area contributed by atoms with Gasteiger partial charge < -0.3 is 15.8 Å². The summed E-state index contributed by atoms with van der Waals surface area (Å²) in [5, 5.41) is 2.18. The van der Waals surface area contributed by atoms with Crippen LogP contribution in [-0.4, -0.2) is 26.7 Å². The van der Waals surface area contributed by atoms with Gasteiger partial charge in [-0.15, -0.1) is 0 Å². The van der Waals surface area contributed by atoms with Gasteiger partial charge in [0.15, 0.2) is 5.81 Å². The summed E-state index contributed by atoms with van der Waals surface area (Å²) >= 11 is 0. The van der Waals surface area contributed by atoms with Crippen molar-refractivity contribution in [3.05, 3.63) is 35.5 Å². The number of amides is 1. The van der Waals surface area contributed by atoms with Gasteiger partial charge in [-0.3, -0.25) is 4.79 Å². The van der Waals surface area contributed by atoms with Gasteiger partial charge in [0.2, 0.25) is 7.85 Å². The summed E-state index contributed by atoms with van der Waals surface area (Å²) in [6.07, 6.45) is 1.42. The molecule has 0 saturated carbocycles. The van der Waals surface area contributed by atoms with Crippen molar-refractivity contribution in [2.45, 2.75) is 0 Å². The molecule has 0 aliphatic heterocycles. The molecule has 0 saturated heterocycles. The molecule has 0 aromatic heterocycles. The molecule has 3 N–H and O–H groups in total. The molecular weight excluding hydrogens is 219 g/mol. The Morgan fingerprint density at radius 2 is 2.18 bits per heavy atom. The average molecular weight is 230 g/mol. The van der Waals surface area contributed by atoms with Crippen LogP contribution in [0.1, 0.15) is 5.56 Å². The smallest absolute Gasteiger partial charge is 0.354 e. The third-order valence-electron chi connectivity index (χ3n) is 1.88. The predicted octanol–water partition coefficient (Wildman–Crippen LogP) is 0.661. The zero-order valence-electron chi connectivity index (χ0n) is 9.27. The Morgan fingerprint density at radius 3 is 2.71 bits per heavy atom. The van der Waals surface area contributed by atoms with Gasteiger partial charge >= 0.3 is 5.97 Å². The SMILES string of the molecule is [B]C(=O)N/C(=C/c1cccc(N)c1)C(=O)OC. The highest BCUT2D eigenvalue weighted by atomic mass is 16.5. The first-order valence-corrected chi connectivity index (χ1v) is 4.75. The first-order valence-electron chi connectivity index (χ1n) is 4.75. The van der Waals surface area contributed by atoms with Gasteiger partial charge in [0.1, 0.15) is 5.70 Å². The third-order valence-corrected chi connectivity index (χ3v) is 1.88. The van der Waals surface area contributed by atoms with E-state index in [9.17, 15) is 9.59 Å². The van der Waals surface area contributed by atoms with Crippen LogP contribution in [0.4, 0.5) is 10.5 Å². The number of carbonyl (C=O) groups excluding carboxylic acids is 2. The maximum atomic E-state index is 11.3. The molecule has 0 atom stereocenters. The maximum Gasteiger partial charge on any atom is 0.354 e. The average Bonchev–Trinajstić information content (AvgIpc) is 2.26. The second-order valence-corrected chi connectivity index (χ2v) is 3.21. The van der Waals surface area contributed by atoms with E-state index >= 15 is 0 Å². The molecule has 0 aliphatic rings. The van der Waals surface area contributed by atoms with E-state index in [1.165, 1.54) is 13.2 Å². The molecule has 86 valence electrons. The molecule has 5 nitrogen and oxygen atoms in total. The number of benzene rings is 1. The Morgan fingerprint density at radius 1 is 1.47 bits per heavy atom. The largest absolute Gasteiger partial charge is 0.464 e. The number of hydrogen-bond donors (Lipinski definition) is 2. The Labute approximate surface area is 100 Å². The lowest BCUT2D eigenvalue weighted by Crippen LogP contribution is -2.26. The van der Waals surface area contributed by atoms with Crippen LogP contribution in [0.15, 0.2) is 30.0 Å². The van der Waals surface area contributed by atoms with Crippen molar-refractivity contribution in [3.8, 4) is 0 Å². The van der Waals surface area contributed by atoms with Crippen LogP contribution in [0.5, 0.6) is 0 Å². The lowest BCUT2D eigenvalue weighted by atomic mass is 10.1. The first-order chi connectivity index (χ1) is 8.02. The fourth-order valence-electron chi connectivity index (χ4n) is 1.20. The molecule has 0 unspecified atom stereocenters. The van der Waals surface area contributed by atoms with Gasteiger partial charge in [-0.1, -0.05) is 12.1 Å². The molecule has 17 heavy (non-hydrogen) atoms. The summed E-state index contributed by atoms with van der Waals surface area (Å²) in [6, 6.07) is 6.80. The Balaban J connectivity index is 3.04. The van der Waals surface area contributed by atoms with Crippen LogP contribution in [0.25, 0.3) is 6.08 Å². The van der Waals surface area contributed by atoms with Crippen molar-refractivity contribution in [1.29, 1.82) is 0 Å². The molecule has 0 fully saturated rings. The van der Waals surface area contributed by atoms with E-state index in [2.05, 4.69) is 10.1 Å². The topological polar surface area (TPSA) is 81.4 Å². The summed E-state index contributed by atoms with van der Waals surface area (Å²) in [4.78, 5) is 22.1. The third kappa shape index (κ3) is 4.02. The molecule has 1 aromatic rings. The zero-order chi connectivity index (χ0) is 12.8. The lowest BCUT2D eigenvalue weighted by molar-refractivity contribution is -0.136. The molecule has 1 rings (SSSR count). The van der Waals surface area contributed by atoms with Gasteiger partial charge in [0.25, 0.3) is 0 Å². The van der Waals surface area contributed by atoms with Crippen LogP contribution in [-0.2, 0) is 9.53 Å². The van der Waals surface area contributed by atoms with Crippen molar-refractivity contribution < 1.29 is 14.3 Å². The van der Waals surface area contributed by atoms with Crippen molar-refractivity contribution in [1.82, 2.24) is 5.32 Å². The minimum absolute atomic E-state index is 0.0504. The van der Waals surface area contributed by atoms with Crippen LogP contribution >= 0.6 is 0 Å². The molecule has 0 heterocycles. The zero-order valence-corrected chi connectivity index (χ0v) is 9.27. The standard InChI is InChI=1S/C11H11BN2O3/c1-17-10(15)9(14-11(12)16)6-7-3-2-4-8(13)5-7/h2-6H,13H2,1H3,(H,14,16)/b9-6+. The lowest BCUT2D eigenvalue weighted by Gasteiger charge is -2.06. The van der Waals surface area contributed by atoms with Gasteiger partial charge in [-0.25, -0.2) is 4.79 Å². The minimum Gasteiger partial charge on any atom is -0.464 e. The van der Waals surface area contributed by atoms with Gasteiger partial charge in [-0.2, -0.15) is 0 Å². The molecule has 2 radical (unpaired) electrons. The van der Waals surface area contributed by atoms with Gasteiger partial charge in [-0.05, 0) is 23.8 Å². The first kappa shape index (κ1) is 12.8. The number of ether oxygens (including phenoxy) is 1. The number of nitrogens with one attached hydrogen (secondary N) is 1. The van der Waals surface area contributed by atoms with E-state index in [-0.39, 0.29) is 5.70 Å². The summed E-state index contributed by atoms with van der Waals surface area (Å²) in [5.74, 6) is -1.53. The van der Waals surface area contributed by atoms with Crippen molar-refractivity contribution in [3.63, 3.8) is 0 Å². The van der Waals surface area contributed by atoms with E-state index in [0.717, 1.165) is 0 Å². The van der Waals surface area contributed by atoms with Crippen LogP contribution in [0.3, 0.4) is 0 Å². The molecule has 1 amide bonds. The number of rotatable bonds is 3. The minimum atomic E-state index is -0.842. The van der Waals surface area contributed by atoms with Crippen LogP contribution in [0.2, 0.25) is 0 Å². The number of methoxy groups -OCH3 is 1. The van der Waals surface area contributed by atoms with E-state index in [0.29, 0.717) is 11.3 Å². The normalized spacial score (nSPS) is 10.8. The summed E-state index contributed by atoms with van der Waals surface area (Å²) in [5.41, 5.74) is 6.73. The molecule has 0 bridgehead atoms. The van der Waals surface area contributed by atoms with Crippen LogP contribution in [0, 0.1) is 0 Å². The quantitative estimate of drug-likeness (QED) is 0.346. The molecule has 1 aromatic carbocycles. The number of hydrogen-bond acceptors (Lipinski definition) is 4. The van der Waals surface area contributed by atoms with Crippen molar-refractivity contribution >= 4 is 31.4 Å². The Kier molecular flexibility index (Phi) is 4.33. The fourth-order valence-corrected chi connectivity index (χ4v) is 1.20. The highest BCUT2D eigenvalue weighted by Crippen LogP contribution is 2.10. The second kappa shape index (κ2) is 5.74. The molecular formula is C11H11BN2O3. The highest BCUT2D eigenvalue weighted by Gasteiger charge is 2.10. The molecule has 0 aliphatic carbocycles. The second-order valence-electron chi connectivity index (χ2n) is 3.21. The number of nitrogen functional groups attached to an aromatic ring is 1. The molecule has 0 spiro atoms. The monoisotopic (exact) mass is 230 g/mol. The molecule has 6 heteroatoms. The van der Waals surface area contributed by atoms with Crippen LogP contribution < -0.4 is 11.1 Å². The van der Waals surface area contributed by atoms with Crippen molar-refractivity contribution in [2.24, 2.45) is 0 Å². The van der Waals surface area contributed by atoms with E-state index in [4.69, 9.17) is 13.6 Å². The number of anilines is 1. The van der Waals surface area contributed by atoms with Gasteiger partial charge in [0, 0.05) is 5.69 Å². The summed E-state index contributed by atoms with van der Waals surface area (Å²) in [6.45, 7) is 0. The summed E-state index contributed by atoms with van der Waals surface area (Å²) < 4.78 is 4.51. The van der Waals surface area contributed by atoms with E-state index in [1.807, 2.05) is 0 Å².